The molecule has 4 heteroatoms. The molecule has 0 saturated heterocycles. The van der Waals surface area contributed by atoms with Gasteiger partial charge in [0.2, 0.25) is 5.91 Å². The zero-order valence-corrected chi connectivity index (χ0v) is 12.8. The Morgan fingerprint density at radius 1 is 1.43 bits per heavy atom. The van der Waals surface area contributed by atoms with Gasteiger partial charge in [0, 0.05) is 18.7 Å². The van der Waals surface area contributed by atoms with E-state index < -0.39 is 0 Å². The average Bonchev–Trinajstić information content (AvgIpc) is 2.88. The van der Waals surface area contributed by atoms with Gasteiger partial charge in [-0.15, -0.1) is 0 Å². The first-order valence-electron chi connectivity index (χ1n) is 7.72. The van der Waals surface area contributed by atoms with E-state index in [4.69, 9.17) is 9.84 Å². The number of rotatable bonds is 7. The van der Waals surface area contributed by atoms with Crippen LogP contribution < -0.4 is 10.1 Å². The van der Waals surface area contributed by atoms with Crippen LogP contribution in [0.5, 0.6) is 5.75 Å². The number of aliphatic hydroxyl groups excluding tert-OH is 1. The lowest BCUT2D eigenvalue weighted by Gasteiger charge is -2.19. The number of para-hydroxylation sites is 1. The lowest BCUT2D eigenvalue weighted by atomic mass is 9.94. The molecule has 2 N–H and O–H groups in total. The van der Waals surface area contributed by atoms with Crippen molar-refractivity contribution in [2.24, 2.45) is 11.8 Å². The lowest BCUT2D eigenvalue weighted by Crippen LogP contribution is -2.34. The number of nitrogens with one attached hydrogen (secondary N) is 1. The van der Waals surface area contributed by atoms with Crippen molar-refractivity contribution in [1.29, 1.82) is 0 Å². The molecular formula is C17H25NO3. The summed E-state index contributed by atoms with van der Waals surface area (Å²) in [5, 5.41) is 12.1. The van der Waals surface area contributed by atoms with Gasteiger partial charge in [-0.3, -0.25) is 4.79 Å². The molecule has 21 heavy (non-hydrogen) atoms. The normalized spacial score (nSPS) is 18.2. The van der Waals surface area contributed by atoms with Crippen LogP contribution in [0, 0.1) is 11.8 Å². The molecule has 1 aromatic carbocycles. The summed E-state index contributed by atoms with van der Waals surface area (Å²) in [5.74, 6) is 1.51. The summed E-state index contributed by atoms with van der Waals surface area (Å²) in [4.78, 5) is 12.3. The van der Waals surface area contributed by atoms with Gasteiger partial charge in [-0.2, -0.15) is 0 Å². The maximum Gasteiger partial charge on any atom is 0.231 e. The van der Waals surface area contributed by atoms with Gasteiger partial charge >= 0.3 is 0 Å². The van der Waals surface area contributed by atoms with Crippen molar-refractivity contribution in [2.45, 2.75) is 32.6 Å². The molecule has 2 unspecified atom stereocenters. The molecule has 0 bridgehead atoms. The quantitative estimate of drug-likeness (QED) is 0.810. The largest absolute Gasteiger partial charge is 0.492 e. The van der Waals surface area contributed by atoms with Crippen LogP contribution in [0.15, 0.2) is 24.3 Å². The highest BCUT2D eigenvalue weighted by atomic mass is 16.5. The number of hydrogen-bond acceptors (Lipinski definition) is 3. The summed E-state index contributed by atoms with van der Waals surface area (Å²) < 4.78 is 5.55. The smallest absolute Gasteiger partial charge is 0.231 e. The van der Waals surface area contributed by atoms with Gasteiger partial charge < -0.3 is 15.2 Å². The molecule has 1 amide bonds. The fourth-order valence-electron chi connectivity index (χ4n) is 2.90. The van der Waals surface area contributed by atoms with Gasteiger partial charge in [0.15, 0.2) is 0 Å². The Kier molecular flexibility index (Phi) is 5.62. The van der Waals surface area contributed by atoms with E-state index in [9.17, 15) is 4.79 Å². The maximum absolute atomic E-state index is 12.3. The van der Waals surface area contributed by atoms with Gasteiger partial charge in [0.05, 0.1) is 0 Å². The van der Waals surface area contributed by atoms with Crippen LogP contribution >= 0.6 is 0 Å². The molecule has 1 heterocycles. The molecule has 0 aliphatic carbocycles. The molecule has 1 aromatic rings. The fraction of sp³-hybridized carbons (Fsp3) is 0.588. The second kappa shape index (κ2) is 7.46. The minimum absolute atomic E-state index is 0.0200. The van der Waals surface area contributed by atoms with Crippen LogP contribution in [-0.4, -0.2) is 30.8 Å². The van der Waals surface area contributed by atoms with E-state index in [0.29, 0.717) is 25.0 Å². The van der Waals surface area contributed by atoms with Gasteiger partial charge in [-0.1, -0.05) is 32.0 Å². The van der Waals surface area contributed by atoms with Crippen molar-refractivity contribution < 1.29 is 14.6 Å². The van der Waals surface area contributed by atoms with E-state index in [1.807, 2.05) is 24.3 Å². The van der Waals surface area contributed by atoms with Crippen molar-refractivity contribution in [2.75, 3.05) is 19.8 Å². The number of ether oxygens (including phenoxy) is 1. The molecule has 0 radical (unpaired) electrons. The molecule has 4 nitrogen and oxygen atoms in total. The highest BCUT2D eigenvalue weighted by Gasteiger charge is 2.30. The summed E-state index contributed by atoms with van der Waals surface area (Å²) in [6.07, 6.45) is 1.74. The Balaban J connectivity index is 1.90. The second-order valence-corrected chi connectivity index (χ2v) is 6.15. The van der Waals surface area contributed by atoms with E-state index >= 15 is 0 Å². The number of fused-ring (bicyclic) bond motifs is 1. The summed E-state index contributed by atoms with van der Waals surface area (Å²) in [6, 6.07) is 7.70. The molecule has 0 saturated carbocycles. The second-order valence-electron chi connectivity index (χ2n) is 6.15. The van der Waals surface area contributed by atoms with Crippen molar-refractivity contribution in [1.82, 2.24) is 5.32 Å². The van der Waals surface area contributed by atoms with E-state index in [1.165, 1.54) is 0 Å². The van der Waals surface area contributed by atoms with Gasteiger partial charge in [0.25, 0.3) is 0 Å². The van der Waals surface area contributed by atoms with Crippen LogP contribution in [0.2, 0.25) is 0 Å². The number of benzene rings is 1. The van der Waals surface area contributed by atoms with Gasteiger partial charge in [0.1, 0.15) is 18.3 Å². The van der Waals surface area contributed by atoms with Gasteiger partial charge in [-0.05, 0) is 30.7 Å². The molecule has 0 aromatic heterocycles. The highest BCUT2D eigenvalue weighted by molar-refractivity contribution is 5.85. The van der Waals surface area contributed by atoms with Gasteiger partial charge in [-0.25, -0.2) is 0 Å². The van der Waals surface area contributed by atoms with Crippen LogP contribution in [0.1, 0.15) is 38.2 Å². The summed E-state index contributed by atoms with van der Waals surface area (Å²) in [7, 11) is 0. The standard InChI is InChI=1S/C17H25NO3/c1-12(2)9-13(7-8-19)10-18-17(20)15-11-21-16-6-4-3-5-14(15)16/h3-6,12-13,15,19H,7-11H2,1-2H3,(H,18,20). The zero-order valence-electron chi connectivity index (χ0n) is 12.8. The lowest BCUT2D eigenvalue weighted by molar-refractivity contribution is -0.123. The van der Waals surface area contributed by atoms with E-state index in [-0.39, 0.29) is 18.4 Å². The molecule has 116 valence electrons. The summed E-state index contributed by atoms with van der Waals surface area (Å²) in [6.45, 7) is 5.53. The third-order valence-electron chi connectivity index (χ3n) is 3.92. The van der Waals surface area contributed by atoms with E-state index in [2.05, 4.69) is 19.2 Å². The van der Waals surface area contributed by atoms with Crippen LogP contribution in [-0.2, 0) is 4.79 Å². The first-order valence-corrected chi connectivity index (χ1v) is 7.72. The van der Waals surface area contributed by atoms with E-state index in [0.717, 1.165) is 24.2 Å². The molecular weight excluding hydrogens is 266 g/mol. The molecule has 1 aliphatic rings. The van der Waals surface area contributed by atoms with Crippen LogP contribution in [0.3, 0.4) is 0 Å². The SMILES string of the molecule is CC(C)CC(CCO)CNC(=O)C1COc2ccccc21. The number of hydrogen-bond donors (Lipinski definition) is 2. The predicted molar refractivity (Wildman–Crippen MR) is 82.3 cm³/mol. The average molecular weight is 291 g/mol. The third-order valence-corrected chi connectivity index (χ3v) is 3.92. The number of aliphatic hydroxyl groups is 1. The van der Waals surface area contributed by atoms with Crippen LogP contribution in [0.25, 0.3) is 0 Å². The Morgan fingerprint density at radius 3 is 2.90 bits per heavy atom. The highest BCUT2D eigenvalue weighted by Crippen LogP contribution is 2.33. The van der Waals surface area contributed by atoms with Crippen LogP contribution in [0.4, 0.5) is 0 Å². The minimum atomic E-state index is -0.213. The fourth-order valence-corrected chi connectivity index (χ4v) is 2.90. The van der Waals surface area contributed by atoms with Crippen molar-refractivity contribution in [3.05, 3.63) is 29.8 Å². The zero-order chi connectivity index (χ0) is 15.2. The van der Waals surface area contributed by atoms with Crippen molar-refractivity contribution >= 4 is 5.91 Å². The molecule has 0 spiro atoms. The van der Waals surface area contributed by atoms with E-state index in [1.54, 1.807) is 0 Å². The monoisotopic (exact) mass is 291 g/mol. The first kappa shape index (κ1) is 15.8. The molecule has 2 atom stereocenters. The predicted octanol–water partition coefficient (Wildman–Crippen LogP) is 2.32. The first-order chi connectivity index (χ1) is 10.1. The topological polar surface area (TPSA) is 58.6 Å². The maximum atomic E-state index is 12.3. The summed E-state index contributed by atoms with van der Waals surface area (Å²) in [5.41, 5.74) is 0.970. The molecule has 0 fully saturated rings. The van der Waals surface area contributed by atoms with Crippen molar-refractivity contribution in [3.8, 4) is 5.75 Å². The molecule has 1 aliphatic heterocycles. The number of carbonyl (C=O) groups excluding carboxylic acids is 1. The minimum Gasteiger partial charge on any atom is -0.492 e. The Labute approximate surface area is 126 Å². The number of amides is 1. The third kappa shape index (κ3) is 4.21. The Morgan fingerprint density at radius 2 is 2.19 bits per heavy atom. The Bertz CT molecular complexity index is 473. The molecule has 2 rings (SSSR count). The summed E-state index contributed by atoms with van der Waals surface area (Å²) >= 11 is 0. The van der Waals surface area contributed by atoms with Crippen molar-refractivity contribution in [3.63, 3.8) is 0 Å². The Hall–Kier alpha value is -1.55. The number of carbonyl (C=O) groups is 1.